The van der Waals surface area contributed by atoms with Gasteiger partial charge in [0.1, 0.15) is 5.02 Å². The third kappa shape index (κ3) is 3.42. The highest BCUT2D eigenvalue weighted by Gasteiger charge is 2.17. The molecule has 0 atom stereocenters. The van der Waals surface area contributed by atoms with Crippen molar-refractivity contribution in [1.29, 1.82) is 0 Å². The maximum atomic E-state index is 12.2. The molecule has 1 heterocycles. The molecule has 0 fully saturated rings. The Hall–Kier alpha value is -1.44. The van der Waals surface area contributed by atoms with Gasteiger partial charge in [-0.25, -0.2) is 0 Å². The van der Waals surface area contributed by atoms with E-state index in [-0.39, 0.29) is 16.6 Å². The zero-order valence-electron chi connectivity index (χ0n) is 11.1. The van der Waals surface area contributed by atoms with Crippen LogP contribution in [0.15, 0.2) is 22.0 Å². The van der Waals surface area contributed by atoms with E-state index in [9.17, 15) is 14.9 Å². The second-order valence-electron chi connectivity index (χ2n) is 4.40. The quantitative estimate of drug-likeness (QED) is 0.597. The van der Waals surface area contributed by atoms with Crippen molar-refractivity contribution in [2.24, 2.45) is 0 Å². The Morgan fingerprint density at radius 1 is 1.33 bits per heavy atom. The first-order chi connectivity index (χ1) is 9.79. The number of nitrogens with zero attached hydrogens (tertiary/aromatic N) is 1. The van der Waals surface area contributed by atoms with Gasteiger partial charge in [0, 0.05) is 11.8 Å². The molecule has 5 nitrogen and oxygen atoms in total. The molecule has 1 N–H and O–H groups in total. The lowest BCUT2D eigenvalue weighted by Crippen LogP contribution is -2.11. The lowest BCUT2D eigenvalue weighted by atomic mass is 10.1. The SMILES string of the molecule is Cc1cc([N+](=O)[O-])c(Cl)cc1NC(=O)c1cc(C)c(Br)s1. The van der Waals surface area contributed by atoms with Gasteiger partial charge in [0.15, 0.2) is 0 Å². The van der Waals surface area contributed by atoms with E-state index in [1.165, 1.54) is 23.5 Å². The van der Waals surface area contributed by atoms with Crippen LogP contribution in [0.4, 0.5) is 11.4 Å². The molecule has 2 aromatic rings. The van der Waals surface area contributed by atoms with Gasteiger partial charge in [0.25, 0.3) is 11.6 Å². The van der Waals surface area contributed by atoms with Crippen molar-refractivity contribution in [3.8, 4) is 0 Å². The van der Waals surface area contributed by atoms with Crippen molar-refractivity contribution in [3.05, 3.63) is 53.1 Å². The molecule has 0 unspecified atom stereocenters. The number of hydrogen-bond acceptors (Lipinski definition) is 4. The van der Waals surface area contributed by atoms with Gasteiger partial charge in [0.2, 0.25) is 0 Å². The van der Waals surface area contributed by atoms with Crippen LogP contribution in [0.2, 0.25) is 5.02 Å². The first kappa shape index (κ1) is 15.9. The second-order valence-corrected chi connectivity index (χ2v) is 7.17. The molecule has 0 aliphatic heterocycles. The van der Waals surface area contributed by atoms with Crippen LogP contribution in [-0.4, -0.2) is 10.8 Å². The normalized spacial score (nSPS) is 10.5. The van der Waals surface area contributed by atoms with Gasteiger partial charge in [-0.05, 0) is 53.0 Å². The van der Waals surface area contributed by atoms with Crippen molar-refractivity contribution >= 4 is 56.1 Å². The van der Waals surface area contributed by atoms with Gasteiger partial charge < -0.3 is 5.32 Å². The molecule has 1 aromatic heterocycles. The summed E-state index contributed by atoms with van der Waals surface area (Å²) in [5, 5.41) is 13.5. The topological polar surface area (TPSA) is 72.2 Å². The number of thiophene rings is 1. The molecule has 0 bridgehead atoms. The van der Waals surface area contributed by atoms with Gasteiger partial charge >= 0.3 is 0 Å². The number of rotatable bonds is 3. The van der Waals surface area contributed by atoms with Crippen molar-refractivity contribution < 1.29 is 9.72 Å². The number of aryl methyl sites for hydroxylation is 2. The standard InChI is InChI=1S/C13H10BrClN2O3S/c1-6-3-10(17(19)20)8(15)5-9(6)16-13(18)11-4-7(2)12(14)21-11/h3-5H,1-2H3,(H,16,18). The van der Waals surface area contributed by atoms with E-state index in [4.69, 9.17) is 11.6 Å². The van der Waals surface area contributed by atoms with Crippen LogP contribution in [0.5, 0.6) is 0 Å². The number of amides is 1. The molecule has 0 saturated heterocycles. The third-order valence-electron chi connectivity index (χ3n) is 2.82. The number of halogens is 2. The summed E-state index contributed by atoms with van der Waals surface area (Å²) < 4.78 is 0.895. The number of anilines is 1. The Morgan fingerprint density at radius 3 is 2.52 bits per heavy atom. The van der Waals surface area contributed by atoms with Crippen molar-refractivity contribution in [2.75, 3.05) is 5.32 Å². The van der Waals surface area contributed by atoms with Gasteiger partial charge in [0.05, 0.1) is 13.6 Å². The van der Waals surface area contributed by atoms with Crippen LogP contribution in [0, 0.1) is 24.0 Å². The summed E-state index contributed by atoms with van der Waals surface area (Å²) in [7, 11) is 0. The highest BCUT2D eigenvalue weighted by molar-refractivity contribution is 9.11. The fourth-order valence-electron chi connectivity index (χ4n) is 1.70. The van der Waals surface area contributed by atoms with Crippen LogP contribution < -0.4 is 5.32 Å². The van der Waals surface area contributed by atoms with Crippen LogP contribution in [0.25, 0.3) is 0 Å². The van der Waals surface area contributed by atoms with Crippen molar-refractivity contribution in [1.82, 2.24) is 0 Å². The molecule has 0 spiro atoms. The molecule has 0 radical (unpaired) electrons. The Morgan fingerprint density at radius 2 is 2.00 bits per heavy atom. The number of nitro groups is 1. The summed E-state index contributed by atoms with van der Waals surface area (Å²) in [4.78, 5) is 23.0. The average molecular weight is 390 g/mol. The van der Waals surface area contributed by atoms with Crippen molar-refractivity contribution in [2.45, 2.75) is 13.8 Å². The largest absolute Gasteiger partial charge is 0.321 e. The Bertz CT molecular complexity index is 726. The van der Waals surface area contributed by atoms with Gasteiger partial charge in [-0.15, -0.1) is 11.3 Å². The Kier molecular flexibility index (Phi) is 4.65. The minimum absolute atomic E-state index is 0.00978. The molecule has 8 heteroatoms. The zero-order chi connectivity index (χ0) is 15.7. The highest BCUT2D eigenvalue weighted by Crippen LogP contribution is 2.32. The minimum Gasteiger partial charge on any atom is -0.321 e. The monoisotopic (exact) mass is 388 g/mol. The molecule has 21 heavy (non-hydrogen) atoms. The van der Waals surface area contributed by atoms with E-state index < -0.39 is 4.92 Å². The average Bonchev–Trinajstić information content (AvgIpc) is 2.73. The molecule has 110 valence electrons. The summed E-state index contributed by atoms with van der Waals surface area (Å²) >= 11 is 10.5. The molecular formula is C13H10BrClN2O3S. The molecule has 0 saturated carbocycles. The summed E-state index contributed by atoms with van der Waals surface area (Å²) in [6.45, 7) is 3.57. The minimum atomic E-state index is -0.555. The lowest BCUT2D eigenvalue weighted by Gasteiger charge is -2.08. The van der Waals surface area contributed by atoms with E-state index in [1.54, 1.807) is 13.0 Å². The Labute approximate surface area is 138 Å². The van der Waals surface area contributed by atoms with Gasteiger partial charge in [-0.3, -0.25) is 14.9 Å². The summed E-state index contributed by atoms with van der Waals surface area (Å²) in [6, 6.07) is 4.50. The molecule has 1 amide bonds. The van der Waals surface area contributed by atoms with Crippen LogP contribution in [0.1, 0.15) is 20.8 Å². The first-order valence-corrected chi connectivity index (χ1v) is 7.80. The van der Waals surface area contributed by atoms with E-state index in [0.29, 0.717) is 16.1 Å². The predicted octanol–water partition coefficient (Wildman–Crippen LogP) is 4.94. The summed E-state index contributed by atoms with van der Waals surface area (Å²) in [6.07, 6.45) is 0. The summed E-state index contributed by atoms with van der Waals surface area (Å²) in [5.41, 5.74) is 1.83. The smallest absolute Gasteiger partial charge is 0.288 e. The van der Waals surface area contributed by atoms with Gasteiger partial charge in [-0.1, -0.05) is 11.6 Å². The number of nitrogens with one attached hydrogen (secondary N) is 1. The third-order valence-corrected chi connectivity index (χ3v) is 5.26. The highest BCUT2D eigenvalue weighted by atomic mass is 79.9. The van der Waals surface area contributed by atoms with Crippen molar-refractivity contribution in [3.63, 3.8) is 0 Å². The molecule has 1 aromatic carbocycles. The van der Waals surface area contributed by atoms with E-state index in [2.05, 4.69) is 21.2 Å². The molecular weight excluding hydrogens is 380 g/mol. The number of hydrogen-bond donors (Lipinski definition) is 1. The second kappa shape index (κ2) is 6.13. The van der Waals surface area contributed by atoms with E-state index in [1.807, 2.05) is 6.92 Å². The van der Waals surface area contributed by atoms with E-state index in [0.717, 1.165) is 9.35 Å². The maximum absolute atomic E-state index is 12.2. The van der Waals surface area contributed by atoms with Crippen LogP contribution in [-0.2, 0) is 0 Å². The number of benzene rings is 1. The summed E-state index contributed by atoms with van der Waals surface area (Å²) in [5.74, 6) is -0.276. The predicted molar refractivity (Wildman–Crippen MR) is 87.6 cm³/mol. The number of carbonyl (C=O) groups is 1. The molecule has 0 aliphatic carbocycles. The lowest BCUT2D eigenvalue weighted by molar-refractivity contribution is -0.384. The maximum Gasteiger partial charge on any atom is 0.288 e. The molecule has 2 rings (SSSR count). The fourth-order valence-corrected chi connectivity index (χ4v) is 3.36. The van der Waals surface area contributed by atoms with Gasteiger partial charge in [-0.2, -0.15) is 0 Å². The number of nitro benzene ring substituents is 1. The fraction of sp³-hybridized carbons (Fsp3) is 0.154. The first-order valence-electron chi connectivity index (χ1n) is 5.81. The van der Waals surface area contributed by atoms with Crippen LogP contribution in [0.3, 0.4) is 0 Å². The van der Waals surface area contributed by atoms with E-state index >= 15 is 0 Å². The Balaban J connectivity index is 2.29. The molecule has 0 aliphatic rings. The van der Waals surface area contributed by atoms with Crippen LogP contribution >= 0.6 is 38.9 Å². The zero-order valence-corrected chi connectivity index (χ0v) is 14.2. The number of carbonyl (C=O) groups excluding carboxylic acids is 1.